The Morgan fingerprint density at radius 3 is 2.47 bits per heavy atom. The maximum absolute atomic E-state index is 14.3. The summed E-state index contributed by atoms with van der Waals surface area (Å²) in [4.78, 5) is 21.7. The van der Waals surface area contributed by atoms with Crippen LogP contribution in [0.1, 0.15) is 59.9 Å². The van der Waals surface area contributed by atoms with E-state index in [-0.39, 0.29) is 17.8 Å². The molecule has 2 N–H and O–H groups in total. The maximum Gasteiger partial charge on any atom is 0.164 e. The van der Waals surface area contributed by atoms with E-state index in [9.17, 15) is 13.6 Å². The summed E-state index contributed by atoms with van der Waals surface area (Å²) in [5.41, 5.74) is 9.37. The number of carbonyl (C=O) groups is 1. The Balaban J connectivity index is 2.07. The van der Waals surface area contributed by atoms with Crippen molar-refractivity contribution in [2.24, 2.45) is 0 Å². The molecule has 1 unspecified atom stereocenters. The van der Waals surface area contributed by atoms with Crippen molar-refractivity contribution in [3.05, 3.63) is 69.6 Å². The first kappa shape index (κ1) is 23.8. The molecule has 9 heteroatoms. The third kappa shape index (κ3) is 4.03. The van der Waals surface area contributed by atoms with E-state index in [0.717, 1.165) is 6.07 Å². The number of ketones is 1. The van der Waals surface area contributed by atoms with E-state index in [1.165, 1.54) is 18.5 Å². The molecule has 0 amide bonds. The van der Waals surface area contributed by atoms with Gasteiger partial charge in [-0.05, 0) is 67.6 Å². The molecule has 2 aromatic carbocycles. The number of fused-ring (bicyclic) bond motifs is 1. The molecule has 0 aliphatic rings. The van der Waals surface area contributed by atoms with Crippen molar-refractivity contribution in [1.29, 1.82) is 0 Å². The van der Waals surface area contributed by atoms with E-state index in [2.05, 4.69) is 15.1 Å². The second-order valence-corrected chi connectivity index (χ2v) is 8.72. The number of hydrogen-bond donors (Lipinski definition) is 1. The zero-order valence-corrected chi connectivity index (χ0v) is 20.0. The Morgan fingerprint density at radius 1 is 1.15 bits per heavy atom. The van der Waals surface area contributed by atoms with Crippen LogP contribution in [0, 0.1) is 25.5 Å². The molecule has 0 spiro atoms. The number of Topliss-reactive ketones (excluding diaryl/α,β-unsaturated/α-hetero) is 1. The fourth-order valence-electron chi connectivity index (χ4n) is 4.38. The maximum atomic E-state index is 14.3. The largest absolute Gasteiger partial charge is 0.383 e. The van der Waals surface area contributed by atoms with Gasteiger partial charge in [-0.25, -0.2) is 23.4 Å². The third-order valence-electron chi connectivity index (χ3n) is 5.97. The molecule has 2 aromatic heterocycles. The van der Waals surface area contributed by atoms with Crippen molar-refractivity contribution in [3.63, 3.8) is 0 Å². The molecule has 0 radical (unpaired) electrons. The minimum atomic E-state index is -0.740. The van der Waals surface area contributed by atoms with E-state index < -0.39 is 17.7 Å². The van der Waals surface area contributed by atoms with Crippen LogP contribution in [0.2, 0.25) is 5.02 Å². The van der Waals surface area contributed by atoms with Gasteiger partial charge in [0, 0.05) is 23.1 Å². The Hall–Kier alpha value is -3.39. The molecule has 4 rings (SSSR count). The van der Waals surface area contributed by atoms with E-state index >= 15 is 0 Å². The van der Waals surface area contributed by atoms with Gasteiger partial charge in [-0.1, -0.05) is 18.5 Å². The monoisotopic (exact) mass is 483 g/mol. The molecule has 0 saturated carbocycles. The predicted molar refractivity (Wildman–Crippen MR) is 129 cm³/mol. The number of benzene rings is 2. The van der Waals surface area contributed by atoms with Gasteiger partial charge in [0.15, 0.2) is 11.4 Å². The number of rotatable bonds is 6. The average molecular weight is 484 g/mol. The second kappa shape index (κ2) is 9.10. The summed E-state index contributed by atoms with van der Waals surface area (Å²) in [6.07, 6.45) is 2.24. The minimum absolute atomic E-state index is 0.149. The first-order chi connectivity index (χ1) is 16.1. The summed E-state index contributed by atoms with van der Waals surface area (Å²) < 4.78 is 30.2. The van der Waals surface area contributed by atoms with Crippen molar-refractivity contribution in [3.8, 4) is 11.1 Å². The first-order valence-corrected chi connectivity index (χ1v) is 11.3. The Labute approximate surface area is 200 Å². The van der Waals surface area contributed by atoms with E-state index in [1.807, 2.05) is 13.8 Å². The second-order valence-electron chi connectivity index (χ2n) is 8.32. The first-order valence-electron chi connectivity index (χ1n) is 10.9. The number of nitrogens with zero attached hydrogens (tertiary/aromatic N) is 4. The van der Waals surface area contributed by atoms with Crippen LogP contribution < -0.4 is 5.73 Å². The molecule has 2 heterocycles. The SMILES string of the molecule is CCCC(=O)c1c(C)c(Cl)cc(C(C)n2nc(C)c3c(N)ncnc32)c1-c1cc(F)cc(F)c1. The summed E-state index contributed by atoms with van der Waals surface area (Å²) >= 11 is 6.59. The molecule has 4 aromatic rings. The topological polar surface area (TPSA) is 86.7 Å². The lowest BCUT2D eigenvalue weighted by Crippen LogP contribution is -2.15. The third-order valence-corrected chi connectivity index (χ3v) is 6.36. The van der Waals surface area contributed by atoms with Gasteiger partial charge in [-0.2, -0.15) is 5.10 Å². The van der Waals surface area contributed by atoms with Crippen molar-refractivity contribution in [1.82, 2.24) is 19.7 Å². The Bertz CT molecular complexity index is 1410. The average Bonchev–Trinajstić information content (AvgIpc) is 3.11. The molecule has 0 aliphatic carbocycles. The Morgan fingerprint density at radius 2 is 1.82 bits per heavy atom. The molecule has 176 valence electrons. The highest BCUT2D eigenvalue weighted by molar-refractivity contribution is 6.32. The lowest BCUT2D eigenvalue weighted by molar-refractivity contribution is 0.0981. The Kier molecular flexibility index (Phi) is 6.36. The summed E-state index contributed by atoms with van der Waals surface area (Å²) in [5.74, 6) is -1.33. The fraction of sp³-hybridized carbons (Fsp3) is 0.280. The highest BCUT2D eigenvalue weighted by atomic mass is 35.5. The molecular formula is C25H24ClF2N5O. The van der Waals surface area contributed by atoms with Crippen LogP contribution in [-0.4, -0.2) is 25.5 Å². The number of aryl methyl sites for hydroxylation is 1. The van der Waals surface area contributed by atoms with Crippen molar-refractivity contribution >= 4 is 34.2 Å². The van der Waals surface area contributed by atoms with Crippen molar-refractivity contribution in [2.75, 3.05) is 5.73 Å². The molecular weight excluding hydrogens is 460 g/mol. The minimum Gasteiger partial charge on any atom is -0.383 e. The van der Waals surface area contributed by atoms with Gasteiger partial charge in [-0.15, -0.1) is 0 Å². The summed E-state index contributed by atoms with van der Waals surface area (Å²) in [5, 5.41) is 5.62. The van der Waals surface area contributed by atoms with Gasteiger partial charge in [0.25, 0.3) is 0 Å². The van der Waals surface area contributed by atoms with Crippen LogP contribution >= 0.6 is 11.6 Å². The van der Waals surface area contributed by atoms with Gasteiger partial charge >= 0.3 is 0 Å². The van der Waals surface area contributed by atoms with Crippen molar-refractivity contribution in [2.45, 2.75) is 46.6 Å². The quantitative estimate of drug-likeness (QED) is 0.329. The molecule has 0 aliphatic heterocycles. The van der Waals surface area contributed by atoms with E-state index in [0.29, 0.717) is 56.2 Å². The zero-order valence-electron chi connectivity index (χ0n) is 19.3. The van der Waals surface area contributed by atoms with Crippen LogP contribution in [0.25, 0.3) is 22.2 Å². The van der Waals surface area contributed by atoms with Gasteiger partial charge in [0.1, 0.15) is 23.8 Å². The molecule has 6 nitrogen and oxygen atoms in total. The van der Waals surface area contributed by atoms with Gasteiger partial charge in [-0.3, -0.25) is 4.79 Å². The number of nitrogens with two attached hydrogens (primary N) is 1. The van der Waals surface area contributed by atoms with Crippen LogP contribution in [0.3, 0.4) is 0 Å². The number of aromatic nitrogens is 4. The highest BCUT2D eigenvalue weighted by Gasteiger charge is 2.27. The molecule has 34 heavy (non-hydrogen) atoms. The molecule has 0 fully saturated rings. The number of hydrogen-bond acceptors (Lipinski definition) is 5. The van der Waals surface area contributed by atoms with Crippen LogP contribution in [-0.2, 0) is 0 Å². The number of carbonyl (C=O) groups excluding carboxylic acids is 1. The number of anilines is 1. The van der Waals surface area contributed by atoms with E-state index in [4.69, 9.17) is 17.3 Å². The van der Waals surface area contributed by atoms with Crippen molar-refractivity contribution < 1.29 is 13.6 Å². The predicted octanol–water partition coefficient (Wildman–Crippen LogP) is 6.22. The summed E-state index contributed by atoms with van der Waals surface area (Å²) in [6.45, 7) is 7.29. The lowest BCUT2D eigenvalue weighted by Gasteiger charge is -2.23. The van der Waals surface area contributed by atoms with Crippen LogP contribution in [0.5, 0.6) is 0 Å². The summed E-state index contributed by atoms with van der Waals surface area (Å²) in [7, 11) is 0. The van der Waals surface area contributed by atoms with Crippen LogP contribution in [0.15, 0.2) is 30.6 Å². The number of halogens is 3. The van der Waals surface area contributed by atoms with E-state index in [1.54, 1.807) is 24.6 Å². The standard InChI is InChI=1S/C25H24ClF2N5O/c1-5-6-20(34)21-12(2)19(26)10-18(23(21)15-7-16(27)9-17(28)8-15)14(4)33-25-22(13(3)32-33)24(29)30-11-31-25/h7-11,14H,5-6H2,1-4H3,(H2,29,30,31). The normalized spacial score (nSPS) is 12.3. The lowest BCUT2D eigenvalue weighted by atomic mass is 9.85. The molecule has 0 bridgehead atoms. The van der Waals surface area contributed by atoms with Crippen LogP contribution in [0.4, 0.5) is 14.6 Å². The van der Waals surface area contributed by atoms with Gasteiger partial charge in [0.05, 0.1) is 17.1 Å². The highest BCUT2D eigenvalue weighted by Crippen LogP contribution is 2.40. The molecule has 0 saturated heterocycles. The fourth-order valence-corrected chi connectivity index (χ4v) is 4.59. The smallest absolute Gasteiger partial charge is 0.164 e. The van der Waals surface area contributed by atoms with Gasteiger partial charge < -0.3 is 5.73 Å². The summed E-state index contributed by atoms with van der Waals surface area (Å²) in [6, 6.07) is 4.45. The number of nitrogen functional groups attached to an aromatic ring is 1. The zero-order chi connectivity index (χ0) is 24.7. The van der Waals surface area contributed by atoms with Gasteiger partial charge in [0.2, 0.25) is 0 Å². The molecule has 1 atom stereocenters.